The Bertz CT molecular complexity index is 939. The van der Waals surface area contributed by atoms with Crippen LogP contribution in [-0.4, -0.2) is 15.0 Å². The van der Waals surface area contributed by atoms with Crippen molar-refractivity contribution in [2.24, 2.45) is 0 Å². The molecule has 1 aromatic heterocycles. The second-order valence-electron chi connectivity index (χ2n) is 5.33. The lowest BCUT2D eigenvalue weighted by Gasteiger charge is -2.04. The molecule has 0 saturated heterocycles. The normalized spacial score (nSPS) is 11.0. The van der Waals surface area contributed by atoms with E-state index in [1.54, 1.807) is 0 Å². The second-order valence-corrected chi connectivity index (χ2v) is 5.33. The van der Waals surface area contributed by atoms with Crippen molar-refractivity contribution in [2.75, 3.05) is 0 Å². The first-order valence-electron chi connectivity index (χ1n) is 7.30. The summed E-state index contributed by atoms with van der Waals surface area (Å²) in [4.78, 5) is 0. The fourth-order valence-corrected chi connectivity index (χ4v) is 2.75. The van der Waals surface area contributed by atoms with E-state index >= 15 is 0 Å². The third kappa shape index (κ3) is 2.07. The smallest absolute Gasteiger partial charge is 0.116 e. The molecule has 0 saturated carbocycles. The highest BCUT2D eigenvalue weighted by Gasteiger charge is 2.12. The van der Waals surface area contributed by atoms with Gasteiger partial charge in [0.25, 0.3) is 0 Å². The summed E-state index contributed by atoms with van der Waals surface area (Å²) in [5.74, 6) is 0. The number of hydrogen-bond acceptors (Lipinski definition) is 2. The Kier molecular flexibility index (Phi) is 2.97. The molecule has 3 nitrogen and oxygen atoms in total. The molecule has 4 rings (SSSR count). The molecule has 0 bridgehead atoms. The van der Waals surface area contributed by atoms with Gasteiger partial charge in [-0.25, -0.2) is 4.68 Å². The molecule has 106 valence electrons. The molecule has 0 aliphatic heterocycles. The number of nitrogens with zero attached hydrogens (tertiary/aromatic N) is 3. The van der Waals surface area contributed by atoms with Crippen molar-refractivity contribution in [3.63, 3.8) is 0 Å². The van der Waals surface area contributed by atoms with Crippen LogP contribution in [0.15, 0.2) is 72.8 Å². The first kappa shape index (κ1) is 12.8. The average molecular weight is 285 g/mol. The number of hydrogen-bond donors (Lipinski definition) is 0. The Labute approximate surface area is 128 Å². The van der Waals surface area contributed by atoms with Crippen LogP contribution in [0.3, 0.4) is 0 Å². The molecule has 0 aliphatic carbocycles. The van der Waals surface area contributed by atoms with Crippen LogP contribution < -0.4 is 0 Å². The number of fused-ring (bicyclic) bond motifs is 1. The zero-order chi connectivity index (χ0) is 14.9. The lowest BCUT2D eigenvalue weighted by Crippen LogP contribution is -1.98. The van der Waals surface area contributed by atoms with Crippen LogP contribution in [-0.2, 0) is 0 Å². The summed E-state index contributed by atoms with van der Waals surface area (Å²) in [6.07, 6.45) is 0. The molecule has 0 amide bonds. The quantitative estimate of drug-likeness (QED) is 0.546. The van der Waals surface area contributed by atoms with E-state index in [9.17, 15) is 0 Å². The predicted molar refractivity (Wildman–Crippen MR) is 89.0 cm³/mol. The molecular formula is C19H15N3. The highest BCUT2D eigenvalue weighted by molar-refractivity contribution is 5.87. The first-order valence-corrected chi connectivity index (χ1v) is 7.30. The van der Waals surface area contributed by atoms with Gasteiger partial charge in [-0.05, 0) is 35.9 Å². The first-order chi connectivity index (χ1) is 10.8. The molecule has 0 spiro atoms. The van der Waals surface area contributed by atoms with E-state index in [0.29, 0.717) is 0 Å². The van der Waals surface area contributed by atoms with Crippen molar-refractivity contribution in [3.8, 4) is 16.9 Å². The molecule has 22 heavy (non-hydrogen) atoms. The minimum Gasteiger partial charge on any atom is -0.217 e. The summed E-state index contributed by atoms with van der Waals surface area (Å²) in [6, 6.07) is 24.8. The van der Waals surface area contributed by atoms with Gasteiger partial charge in [0.2, 0.25) is 0 Å². The maximum atomic E-state index is 4.38. The molecular weight excluding hydrogens is 270 g/mol. The number of aromatic nitrogens is 3. The SMILES string of the molecule is Cc1c(-c2ccc3ccccc3c2)nnn1-c1ccccc1. The minimum atomic E-state index is 0.926. The molecule has 0 N–H and O–H groups in total. The maximum Gasteiger partial charge on any atom is 0.116 e. The van der Waals surface area contributed by atoms with Gasteiger partial charge in [0, 0.05) is 5.56 Å². The highest BCUT2D eigenvalue weighted by Crippen LogP contribution is 2.26. The third-order valence-corrected chi connectivity index (χ3v) is 3.92. The predicted octanol–water partition coefficient (Wildman–Crippen LogP) is 4.40. The van der Waals surface area contributed by atoms with Gasteiger partial charge < -0.3 is 0 Å². The minimum absolute atomic E-state index is 0.926. The molecule has 3 heteroatoms. The Balaban J connectivity index is 1.84. The largest absolute Gasteiger partial charge is 0.217 e. The van der Waals surface area contributed by atoms with Crippen LogP contribution in [0.2, 0.25) is 0 Å². The van der Waals surface area contributed by atoms with Gasteiger partial charge in [-0.3, -0.25) is 0 Å². The van der Waals surface area contributed by atoms with Crippen LogP contribution in [0.5, 0.6) is 0 Å². The van der Waals surface area contributed by atoms with Crippen LogP contribution in [0.1, 0.15) is 5.69 Å². The van der Waals surface area contributed by atoms with E-state index in [2.05, 4.69) is 59.7 Å². The van der Waals surface area contributed by atoms with E-state index in [1.165, 1.54) is 10.8 Å². The van der Waals surface area contributed by atoms with Crippen molar-refractivity contribution in [1.29, 1.82) is 0 Å². The summed E-state index contributed by atoms with van der Waals surface area (Å²) in [6.45, 7) is 2.05. The van der Waals surface area contributed by atoms with Gasteiger partial charge >= 0.3 is 0 Å². The second kappa shape index (κ2) is 5.11. The topological polar surface area (TPSA) is 30.7 Å². The molecule has 0 fully saturated rings. The van der Waals surface area contributed by atoms with Gasteiger partial charge in [0.1, 0.15) is 5.69 Å². The lowest BCUT2D eigenvalue weighted by molar-refractivity contribution is 0.785. The fraction of sp³-hybridized carbons (Fsp3) is 0.0526. The Hall–Kier alpha value is -2.94. The zero-order valence-corrected chi connectivity index (χ0v) is 12.3. The molecule has 0 unspecified atom stereocenters. The Morgan fingerprint density at radius 1 is 0.773 bits per heavy atom. The lowest BCUT2D eigenvalue weighted by atomic mass is 10.0. The average Bonchev–Trinajstić information content (AvgIpc) is 2.97. The van der Waals surface area contributed by atoms with Crippen molar-refractivity contribution in [2.45, 2.75) is 6.92 Å². The van der Waals surface area contributed by atoms with E-state index in [0.717, 1.165) is 22.6 Å². The molecule has 0 atom stereocenters. The summed E-state index contributed by atoms with van der Waals surface area (Å²) >= 11 is 0. The fourth-order valence-electron chi connectivity index (χ4n) is 2.75. The van der Waals surface area contributed by atoms with Crippen molar-refractivity contribution >= 4 is 10.8 Å². The maximum absolute atomic E-state index is 4.38. The van der Waals surface area contributed by atoms with Crippen molar-refractivity contribution in [3.05, 3.63) is 78.5 Å². The van der Waals surface area contributed by atoms with Crippen LogP contribution in [0.4, 0.5) is 0 Å². The molecule has 0 radical (unpaired) electrons. The van der Waals surface area contributed by atoms with Gasteiger partial charge in [-0.2, -0.15) is 0 Å². The molecule has 3 aromatic carbocycles. The van der Waals surface area contributed by atoms with Gasteiger partial charge in [0.05, 0.1) is 11.4 Å². The van der Waals surface area contributed by atoms with Crippen LogP contribution in [0.25, 0.3) is 27.7 Å². The summed E-state index contributed by atoms with van der Waals surface area (Å²) in [7, 11) is 0. The van der Waals surface area contributed by atoms with E-state index in [-0.39, 0.29) is 0 Å². The number of benzene rings is 3. The van der Waals surface area contributed by atoms with Crippen molar-refractivity contribution in [1.82, 2.24) is 15.0 Å². The molecule has 1 heterocycles. The van der Waals surface area contributed by atoms with Crippen LogP contribution >= 0.6 is 0 Å². The van der Waals surface area contributed by atoms with Gasteiger partial charge in [-0.1, -0.05) is 59.8 Å². The van der Waals surface area contributed by atoms with Crippen molar-refractivity contribution < 1.29 is 0 Å². The van der Waals surface area contributed by atoms with Crippen LogP contribution in [0, 0.1) is 6.92 Å². The standard InChI is InChI=1S/C19H15N3/c1-14-19(20-21-22(14)18-9-3-2-4-10-18)17-12-11-15-7-5-6-8-16(15)13-17/h2-13H,1H3. The van der Waals surface area contributed by atoms with E-state index < -0.39 is 0 Å². The third-order valence-electron chi connectivity index (χ3n) is 3.92. The van der Waals surface area contributed by atoms with Gasteiger partial charge in [0.15, 0.2) is 0 Å². The number of rotatable bonds is 2. The van der Waals surface area contributed by atoms with E-state index in [4.69, 9.17) is 0 Å². The van der Waals surface area contributed by atoms with E-state index in [1.807, 2.05) is 35.0 Å². The Morgan fingerprint density at radius 2 is 1.50 bits per heavy atom. The summed E-state index contributed by atoms with van der Waals surface area (Å²) < 4.78 is 1.88. The summed E-state index contributed by atoms with van der Waals surface area (Å²) in [5.41, 5.74) is 4.09. The number of para-hydroxylation sites is 1. The molecule has 0 aliphatic rings. The Morgan fingerprint density at radius 3 is 2.32 bits per heavy atom. The highest BCUT2D eigenvalue weighted by atomic mass is 15.4. The monoisotopic (exact) mass is 285 g/mol. The molecule has 4 aromatic rings. The zero-order valence-electron chi connectivity index (χ0n) is 12.3. The van der Waals surface area contributed by atoms with Gasteiger partial charge in [-0.15, -0.1) is 5.10 Å². The summed E-state index contributed by atoms with van der Waals surface area (Å²) in [5, 5.41) is 11.1.